The van der Waals surface area contributed by atoms with Crippen LogP contribution in [0.15, 0.2) is 30.3 Å². The fourth-order valence-electron chi connectivity index (χ4n) is 4.53. The Labute approximate surface area is 239 Å². The van der Waals surface area contributed by atoms with Gasteiger partial charge in [-0.15, -0.1) is 5.06 Å². The fourth-order valence-corrected chi connectivity index (χ4v) is 4.53. The van der Waals surface area contributed by atoms with Gasteiger partial charge < -0.3 is 10.6 Å². The third-order valence-corrected chi connectivity index (χ3v) is 6.77. The van der Waals surface area contributed by atoms with E-state index in [1.165, 1.54) is 95.0 Å². The second-order valence-corrected chi connectivity index (χ2v) is 10.9. The van der Waals surface area contributed by atoms with E-state index in [0.717, 1.165) is 18.4 Å². The monoisotopic (exact) mass is 546 g/mol. The molecule has 0 heterocycles. The molecular formula is C33H58N2O4. The summed E-state index contributed by atoms with van der Waals surface area (Å²) in [4.78, 5) is 39.6. The van der Waals surface area contributed by atoms with Crippen molar-refractivity contribution in [1.82, 2.24) is 5.06 Å². The number of ketones is 1. The second kappa shape index (κ2) is 26.0. The summed E-state index contributed by atoms with van der Waals surface area (Å²) in [7, 11) is 3.26. The highest BCUT2D eigenvalue weighted by Gasteiger charge is 2.27. The Hall–Kier alpha value is -2.21. The zero-order valence-corrected chi connectivity index (χ0v) is 25.6. The first-order valence-electron chi connectivity index (χ1n) is 15.6. The molecule has 0 aliphatic heterocycles. The number of rotatable bonds is 23. The van der Waals surface area contributed by atoms with Crippen LogP contribution in [0.5, 0.6) is 0 Å². The average Bonchev–Trinajstić information content (AvgIpc) is 2.89. The van der Waals surface area contributed by atoms with Gasteiger partial charge in [-0.3, -0.25) is 9.59 Å². The molecule has 0 aliphatic carbocycles. The lowest BCUT2D eigenvalue weighted by atomic mass is 9.94. The maximum absolute atomic E-state index is 12.2. The van der Waals surface area contributed by atoms with Crippen molar-refractivity contribution in [1.29, 1.82) is 0 Å². The van der Waals surface area contributed by atoms with Gasteiger partial charge in [0.15, 0.2) is 5.78 Å². The number of hydroxylamine groups is 2. The van der Waals surface area contributed by atoms with Crippen molar-refractivity contribution < 1.29 is 19.2 Å². The molecule has 0 fully saturated rings. The molecule has 1 amide bonds. The van der Waals surface area contributed by atoms with Gasteiger partial charge in [-0.1, -0.05) is 140 Å². The number of hydrogen-bond acceptors (Lipinski definition) is 5. The first-order chi connectivity index (χ1) is 18.8. The van der Waals surface area contributed by atoms with E-state index in [0.29, 0.717) is 12.8 Å². The van der Waals surface area contributed by atoms with Gasteiger partial charge in [-0.2, -0.15) is 0 Å². The molecule has 0 aromatic heterocycles. The van der Waals surface area contributed by atoms with Crippen LogP contribution in [0.2, 0.25) is 0 Å². The molecule has 0 radical (unpaired) electrons. The predicted octanol–water partition coefficient (Wildman–Crippen LogP) is 7.97. The third kappa shape index (κ3) is 23.4. The van der Waals surface area contributed by atoms with Crippen molar-refractivity contribution in [2.75, 3.05) is 14.1 Å². The lowest BCUT2D eigenvalue weighted by Gasteiger charge is -2.17. The van der Waals surface area contributed by atoms with Crippen LogP contribution in [0.25, 0.3) is 0 Å². The number of carbonyl (C=O) groups excluding carboxylic acids is 3. The molecule has 6 nitrogen and oxygen atoms in total. The normalized spacial score (nSPS) is 11.5. The molecule has 39 heavy (non-hydrogen) atoms. The van der Waals surface area contributed by atoms with E-state index in [2.05, 4.69) is 6.92 Å². The molecule has 1 aromatic rings. The lowest BCUT2D eigenvalue weighted by Crippen LogP contribution is -2.31. The standard InChI is InChI=1S/C18H37NO.C15H21NO3/c1-2-3-4-5-6-7-8-9-10-11-12-13-14-15-16-17-18(19)20;1-4-8-13(15(18)19-16(2)3)14(17)11-12-9-6-5-7-10-12/h2-17H2,1H3,(H2,19,20);5-7,9-10,13H,4,8,11H2,1-3H3. The van der Waals surface area contributed by atoms with Crippen molar-refractivity contribution in [3.63, 3.8) is 0 Å². The molecule has 0 bridgehead atoms. The van der Waals surface area contributed by atoms with Crippen LogP contribution < -0.4 is 5.73 Å². The van der Waals surface area contributed by atoms with Crippen LogP contribution in [0.4, 0.5) is 0 Å². The maximum Gasteiger partial charge on any atom is 0.335 e. The highest BCUT2D eigenvalue weighted by molar-refractivity contribution is 5.99. The van der Waals surface area contributed by atoms with E-state index >= 15 is 0 Å². The minimum absolute atomic E-state index is 0.0834. The van der Waals surface area contributed by atoms with Crippen molar-refractivity contribution >= 4 is 17.7 Å². The van der Waals surface area contributed by atoms with E-state index < -0.39 is 11.9 Å². The van der Waals surface area contributed by atoms with Gasteiger partial charge in [0, 0.05) is 26.9 Å². The van der Waals surface area contributed by atoms with Gasteiger partial charge in [-0.25, -0.2) is 4.79 Å². The number of unbranched alkanes of at least 4 members (excludes halogenated alkanes) is 14. The zero-order chi connectivity index (χ0) is 29.1. The molecule has 0 spiro atoms. The lowest BCUT2D eigenvalue weighted by molar-refractivity contribution is -0.184. The summed E-state index contributed by atoms with van der Waals surface area (Å²) in [6, 6.07) is 9.44. The van der Waals surface area contributed by atoms with Gasteiger partial charge in [0.2, 0.25) is 5.91 Å². The topological polar surface area (TPSA) is 89.7 Å². The molecule has 6 heteroatoms. The average molecular weight is 547 g/mol. The molecule has 0 saturated carbocycles. The van der Waals surface area contributed by atoms with Crippen molar-refractivity contribution in [2.45, 2.75) is 136 Å². The molecule has 0 aliphatic rings. The Morgan fingerprint density at radius 2 is 1.18 bits per heavy atom. The Morgan fingerprint density at radius 1 is 0.718 bits per heavy atom. The highest BCUT2D eigenvalue weighted by atomic mass is 16.7. The largest absolute Gasteiger partial charge is 0.370 e. The number of amides is 1. The molecule has 1 aromatic carbocycles. The first kappa shape index (κ1) is 36.8. The fraction of sp³-hybridized carbons (Fsp3) is 0.727. The van der Waals surface area contributed by atoms with Crippen LogP contribution in [-0.4, -0.2) is 36.8 Å². The van der Waals surface area contributed by atoms with Crippen LogP contribution >= 0.6 is 0 Å². The number of hydrogen-bond donors (Lipinski definition) is 1. The van der Waals surface area contributed by atoms with E-state index in [4.69, 9.17) is 10.6 Å². The second-order valence-electron chi connectivity index (χ2n) is 10.9. The summed E-state index contributed by atoms with van der Waals surface area (Å²) in [5.41, 5.74) is 6.03. The number of nitrogens with zero attached hydrogens (tertiary/aromatic N) is 1. The van der Waals surface area contributed by atoms with E-state index in [9.17, 15) is 14.4 Å². The minimum Gasteiger partial charge on any atom is -0.370 e. The smallest absolute Gasteiger partial charge is 0.335 e. The summed E-state index contributed by atoms with van der Waals surface area (Å²) in [5.74, 6) is -1.38. The van der Waals surface area contributed by atoms with Crippen LogP contribution in [0.3, 0.4) is 0 Å². The van der Waals surface area contributed by atoms with Crippen LogP contribution in [0, 0.1) is 5.92 Å². The summed E-state index contributed by atoms with van der Waals surface area (Å²) in [6.45, 7) is 4.23. The van der Waals surface area contributed by atoms with Crippen LogP contribution in [-0.2, 0) is 25.6 Å². The molecule has 1 atom stereocenters. The van der Waals surface area contributed by atoms with Crippen LogP contribution in [0.1, 0.15) is 135 Å². The van der Waals surface area contributed by atoms with Gasteiger partial charge in [-0.05, 0) is 18.4 Å². The molecular weight excluding hydrogens is 488 g/mol. The number of benzene rings is 1. The summed E-state index contributed by atoms with van der Waals surface area (Å²) >= 11 is 0. The zero-order valence-electron chi connectivity index (χ0n) is 25.6. The molecule has 224 valence electrons. The van der Waals surface area contributed by atoms with Gasteiger partial charge in [0.25, 0.3) is 0 Å². The molecule has 0 saturated heterocycles. The van der Waals surface area contributed by atoms with E-state index in [1.807, 2.05) is 37.3 Å². The van der Waals surface area contributed by atoms with Crippen molar-refractivity contribution in [2.24, 2.45) is 11.7 Å². The number of primary amides is 1. The Morgan fingerprint density at radius 3 is 1.59 bits per heavy atom. The van der Waals surface area contributed by atoms with Gasteiger partial charge >= 0.3 is 5.97 Å². The molecule has 1 rings (SSSR count). The number of Topliss-reactive ketones (excluding diaryl/α,β-unsaturated/α-hetero) is 1. The Bertz CT molecular complexity index is 736. The highest BCUT2D eigenvalue weighted by Crippen LogP contribution is 2.15. The molecule has 2 N–H and O–H groups in total. The van der Waals surface area contributed by atoms with E-state index in [-0.39, 0.29) is 18.1 Å². The first-order valence-corrected chi connectivity index (χ1v) is 15.6. The Balaban J connectivity index is 0.000000741. The quantitative estimate of drug-likeness (QED) is 0.0854. The van der Waals surface area contributed by atoms with Crippen molar-refractivity contribution in [3.8, 4) is 0 Å². The minimum atomic E-state index is -0.674. The maximum atomic E-state index is 12.2. The molecule has 1 unspecified atom stereocenters. The van der Waals surface area contributed by atoms with E-state index in [1.54, 1.807) is 14.1 Å². The summed E-state index contributed by atoms with van der Waals surface area (Å²) < 4.78 is 0. The Kier molecular flexibility index (Phi) is 24.6. The van der Waals surface area contributed by atoms with Gasteiger partial charge in [0.1, 0.15) is 5.92 Å². The summed E-state index contributed by atoms with van der Waals surface area (Å²) in [6.07, 6.45) is 22.5. The third-order valence-electron chi connectivity index (χ3n) is 6.77. The SMILES string of the molecule is CCCC(C(=O)Cc1ccccc1)C(=O)ON(C)C.CCCCCCCCCCCCCCCCCC(N)=O. The number of nitrogens with two attached hydrogens (primary N) is 1. The number of carbonyl (C=O) groups is 3. The van der Waals surface area contributed by atoms with Gasteiger partial charge in [0.05, 0.1) is 0 Å². The van der Waals surface area contributed by atoms with Crippen molar-refractivity contribution in [3.05, 3.63) is 35.9 Å². The summed E-state index contributed by atoms with van der Waals surface area (Å²) in [5, 5.41) is 1.32. The predicted molar refractivity (Wildman–Crippen MR) is 162 cm³/mol.